The Balaban J connectivity index is 1.92. The summed E-state index contributed by atoms with van der Waals surface area (Å²) in [4.78, 5) is 40.7. The molecule has 2 aromatic carbocycles. The third-order valence-corrected chi connectivity index (χ3v) is 5.28. The number of hydrogen-bond donors (Lipinski definition) is 1. The fraction of sp³-hybridized carbons (Fsp3) is 0.150. The molecule has 3 rings (SSSR count). The summed E-state index contributed by atoms with van der Waals surface area (Å²) in [6.45, 7) is 3.88. The minimum Gasteiger partial charge on any atom is -0.478 e. The number of nitro groups is 1. The fourth-order valence-corrected chi connectivity index (χ4v) is 3.79. The summed E-state index contributed by atoms with van der Waals surface area (Å²) in [5, 5.41) is 20.6. The molecule has 0 spiro atoms. The number of aromatic carboxylic acids is 1. The van der Waals surface area contributed by atoms with Gasteiger partial charge in [0, 0.05) is 18.2 Å². The van der Waals surface area contributed by atoms with Crippen LogP contribution in [-0.4, -0.2) is 38.5 Å². The van der Waals surface area contributed by atoms with E-state index in [9.17, 15) is 19.7 Å². The van der Waals surface area contributed by atoms with Crippen molar-refractivity contribution in [2.75, 3.05) is 6.54 Å². The average molecular weight is 411 g/mol. The first-order chi connectivity index (χ1) is 13.8. The molecule has 148 valence electrons. The molecule has 0 radical (unpaired) electrons. The maximum Gasteiger partial charge on any atom is 0.335 e. The topological polar surface area (TPSA) is 113 Å². The molecule has 2 aromatic rings. The molecule has 8 nitrogen and oxygen atoms in total. The molecule has 0 bridgehead atoms. The van der Waals surface area contributed by atoms with Gasteiger partial charge in [-0.1, -0.05) is 12.1 Å². The smallest absolute Gasteiger partial charge is 0.335 e. The number of nitrogens with zero attached hydrogens (tertiary/aromatic N) is 3. The van der Waals surface area contributed by atoms with Crippen molar-refractivity contribution in [1.29, 1.82) is 0 Å². The minimum atomic E-state index is -1.03. The Labute approximate surface area is 170 Å². The first-order valence-corrected chi connectivity index (χ1v) is 9.50. The Morgan fingerprint density at radius 2 is 1.97 bits per heavy atom. The van der Waals surface area contributed by atoms with Crippen molar-refractivity contribution in [3.63, 3.8) is 0 Å². The summed E-state index contributed by atoms with van der Waals surface area (Å²) >= 11 is 1.17. The van der Waals surface area contributed by atoms with E-state index in [1.54, 1.807) is 37.3 Å². The number of benzene rings is 2. The second kappa shape index (κ2) is 8.27. The van der Waals surface area contributed by atoms with Gasteiger partial charge in [0.25, 0.3) is 11.6 Å². The van der Waals surface area contributed by atoms with Crippen LogP contribution >= 0.6 is 11.8 Å². The minimum absolute atomic E-state index is 0.00504. The van der Waals surface area contributed by atoms with E-state index < -0.39 is 10.9 Å². The van der Waals surface area contributed by atoms with Crippen molar-refractivity contribution in [1.82, 2.24) is 4.90 Å². The number of amides is 1. The lowest BCUT2D eigenvalue weighted by Crippen LogP contribution is -2.28. The molecular weight excluding hydrogens is 394 g/mol. The van der Waals surface area contributed by atoms with Crippen LogP contribution < -0.4 is 0 Å². The highest BCUT2D eigenvalue weighted by Crippen LogP contribution is 2.34. The number of aliphatic imine (C=N–C) groups is 1. The summed E-state index contributed by atoms with van der Waals surface area (Å²) in [6, 6.07) is 10.8. The van der Waals surface area contributed by atoms with E-state index in [0.29, 0.717) is 33.4 Å². The average Bonchev–Trinajstić information content (AvgIpc) is 2.97. The lowest BCUT2D eigenvalue weighted by Gasteiger charge is -2.12. The van der Waals surface area contributed by atoms with Crippen LogP contribution in [-0.2, 0) is 4.79 Å². The number of carbonyl (C=O) groups is 2. The Morgan fingerprint density at radius 1 is 1.28 bits per heavy atom. The molecule has 0 unspecified atom stereocenters. The van der Waals surface area contributed by atoms with E-state index in [-0.39, 0.29) is 17.2 Å². The Hall–Kier alpha value is -3.46. The number of aryl methyl sites for hydroxylation is 1. The monoisotopic (exact) mass is 411 g/mol. The molecule has 1 heterocycles. The number of hydrogen-bond acceptors (Lipinski definition) is 6. The molecule has 0 aliphatic carbocycles. The summed E-state index contributed by atoms with van der Waals surface area (Å²) < 4.78 is 0. The summed E-state index contributed by atoms with van der Waals surface area (Å²) in [6.07, 6.45) is 1.61. The molecule has 9 heteroatoms. The number of thioether (sulfide) groups is 1. The van der Waals surface area contributed by atoms with Gasteiger partial charge in [-0.3, -0.25) is 19.8 Å². The highest BCUT2D eigenvalue weighted by atomic mass is 32.2. The van der Waals surface area contributed by atoms with Crippen molar-refractivity contribution in [2.24, 2.45) is 4.99 Å². The third-order valence-electron chi connectivity index (χ3n) is 4.27. The fourth-order valence-electron chi connectivity index (χ4n) is 2.72. The zero-order valence-corrected chi connectivity index (χ0v) is 16.5. The molecule has 1 fully saturated rings. The third kappa shape index (κ3) is 4.35. The molecule has 1 aliphatic rings. The molecule has 1 amide bonds. The van der Waals surface area contributed by atoms with Crippen LogP contribution in [0.1, 0.15) is 28.4 Å². The van der Waals surface area contributed by atoms with Crippen molar-refractivity contribution in [3.8, 4) is 0 Å². The van der Waals surface area contributed by atoms with Gasteiger partial charge in [-0.15, -0.1) is 0 Å². The van der Waals surface area contributed by atoms with Gasteiger partial charge < -0.3 is 5.11 Å². The quantitative estimate of drug-likeness (QED) is 0.448. The highest BCUT2D eigenvalue weighted by Gasteiger charge is 2.32. The lowest BCUT2D eigenvalue weighted by molar-refractivity contribution is -0.385. The number of carboxylic acid groups (broad SMARTS) is 1. The number of carbonyl (C=O) groups excluding carboxylic acids is 1. The first-order valence-electron chi connectivity index (χ1n) is 8.68. The van der Waals surface area contributed by atoms with Crippen molar-refractivity contribution in [3.05, 3.63) is 74.2 Å². The van der Waals surface area contributed by atoms with Gasteiger partial charge in [0.1, 0.15) is 0 Å². The molecule has 0 saturated carbocycles. The number of carboxylic acids is 1. The molecule has 1 aliphatic heterocycles. The van der Waals surface area contributed by atoms with E-state index in [0.717, 1.165) is 0 Å². The number of amidine groups is 1. The van der Waals surface area contributed by atoms with E-state index in [1.807, 2.05) is 6.92 Å². The van der Waals surface area contributed by atoms with E-state index in [1.165, 1.54) is 34.9 Å². The van der Waals surface area contributed by atoms with Gasteiger partial charge in [0.05, 0.1) is 21.1 Å². The van der Waals surface area contributed by atoms with E-state index in [4.69, 9.17) is 5.11 Å². The number of likely N-dealkylation sites (N-methyl/N-ethyl adjacent to an activating group) is 1. The molecule has 1 N–H and O–H groups in total. The van der Waals surface area contributed by atoms with Crippen LogP contribution in [0.5, 0.6) is 0 Å². The normalized spacial score (nSPS) is 16.6. The van der Waals surface area contributed by atoms with Gasteiger partial charge in [0.15, 0.2) is 5.17 Å². The second-order valence-electron chi connectivity index (χ2n) is 6.21. The molecule has 1 saturated heterocycles. The van der Waals surface area contributed by atoms with Gasteiger partial charge in [-0.2, -0.15) is 0 Å². The number of rotatable bonds is 5. The van der Waals surface area contributed by atoms with Crippen LogP contribution in [0.15, 0.2) is 52.4 Å². The summed E-state index contributed by atoms with van der Waals surface area (Å²) in [5.74, 6) is -1.26. The van der Waals surface area contributed by atoms with Gasteiger partial charge in [-0.05, 0) is 61.5 Å². The largest absolute Gasteiger partial charge is 0.478 e. The Bertz CT molecular complexity index is 1060. The van der Waals surface area contributed by atoms with E-state index >= 15 is 0 Å². The maximum absolute atomic E-state index is 12.7. The number of nitro benzene ring substituents is 1. The highest BCUT2D eigenvalue weighted by molar-refractivity contribution is 8.18. The second-order valence-corrected chi connectivity index (χ2v) is 7.22. The summed E-state index contributed by atoms with van der Waals surface area (Å²) in [7, 11) is 0. The van der Waals surface area contributed by atoms with Crippen LogP contribution in [0.4, 0.5) is 11.4 Å². The Morgan fingerprint density at radius 3 is 2.55 bits per heavy atom. The van der Waals surface area contributed by atoms with Crippen molar-refractivity contribution in [2.45, 2.75) is 13.8 Å². The molecule has 0 atom stereocenters. The van der Waals surface area contributed by atoms with Gasteiger partial charge in [-0.25, -0.2) is 9.79 Å². The summed E-state index contributed by atoms with van der Waals surface area (Å²) in [5.41, 5.74) is 1.77. The zero-order valence-electron chi connectivity index (χ0n) is 15.7. The predicted octanol–water partition coefficient (Wildman–Crippen LogP) is 4.23. The first kappa shape index (κ1) is 20.3. The molecule has 29 heavy (non-hydrogen) atoms. The SMILES string of the molecule is CCN1C(=O)/C(=C\c2ccc(C)c([N+](=O)[O-])c2)SC1=Nc1ccc(C(=O)O)cc1. The van der Waals surface area contributed by atoms with Crippen LogP contribution in [0.25, 0.3) is 6.08 Å². The van der Waals surface area contributed by atoms with Crippen LogP contribution in [0, 0.1) is 17.0 Å². The van der Waals surface area contributed by atoms with Crippen LogP contribution in [0.3, 0.4) is 0 Å². The molecule has 0 aromatic heterocycles. The standard InChI is InChI=1S/C20H17N3O5S/c1-3-22-18(24)17(11-13-5-4-12(2)16(10-13)23(27)28)29-20(22)21-15-8-6-14(7-9-15)19(25)26/h4-11H,3H2,1-2H3,(H,25,26)/b17-11+,21-20?. The molecular formula is C20H17N3O5S. The van der Waals surface area contributed by atoms with Gasteiger partial charge >= 0.3 is 5.97 Å². The van der Waals surface area contributed by atoms with E-state index in [2.05, 4.69) is 4.99 Å². The maximum atomic E-state index is 12.7. The Kier molecular flexibility index (Phi) is 5.79. The van der Waals surface area contributed by atoms with Crippen LogP contribution in [0.2, 0.25) is 0 Å². The predicted molar refractivity (Wildman–Crippen MR) is 111 cm³/mol. The van der Waals surface area contributed by atoms with Gasteiger partial charge in [0.2, 0.25) is 0 Å². The van der Waals surface area contributed by atoms with Crippen molar-refractivity contribution >= 4 is 46.3 Å². The van der Waals surface area contributed by atoms with Crippen molar-refractivity contribution < 1.29 is 19.6 Å². The lowest BCUT2D eigenvalue weighted by atomic mass is 10.1. The zero-order chi connectivity index (χ0) is 21.1.